The molecule has 21 heavy (non-hydrogen) atoms. The van der Waals surface area contributed by atoms with Gasteiger partial charge in [-0.1, -0.05) is 19.4 Å². The van der Waals surface area contributed by atoms with Gasteiger partial charge in [0.2, 0.25) is 0 Å². The second-order valence-corrected chi connectivity index (χ2v) is 5.94. The lowest BCUT2D eigenvalue weighted by molar-refractivity contribution is -0.138. The maximum atomic E-state index is 11.3. The zero-order chi connectivity index (χ0) is 16.1. The first-order valence-corrected chi connectivity index (χ1v) is 8.56. The largest absolute Gasteiger partial charge is 0.460 e. The van der Waals surface area contributed by atoms with Crippen LogP contribution in [0.25, 0.3) is 0 Å². The second-order valence-electron chi connectivity index (χ2n) is 4.66. The average Bonchev–Trinajstić information content (AvgIpc) is 2.41. The van der Waals surface area contributed by atoms with Crippen LogP contribution in [0.1, 0.15) is 32.6 Å². The predicted molar refractivity (Wildman–Crippen MR) is 81.7 cm³/mol. The fourth-order valence-electron chi connectivity index (χ4n) is 1.45. The first kappa shape index (κ1) is 19.7. The molecule has 1 unspecified atom stereocenters. The van der Waals surface area contributed by atoms with E-state index in [2.05, 4.69) is 17.2 Å². The Kier molecular flexibility index (Phi) is 11.6. The van der Waals surface area contributed by atoms with Crippen LogP contribution in [-0.2, 0) is 14.1 Å². The van der Waals surface area contributed by atoms with Gasteiger partial charge in [0.1, 0.15) is 6.61 Å². The number of hydrogen-bond acceptors (Lipinski definition) is 4. The number of urea groups is 1. The van der Waals surface area contributed by atoms with E-state index in [4.69, 9.17) is 9.63 Å². The van der Waals surface area contributed by atoms with Crippen LogP contribution in [0.4, 0.5) is 4.79 Å². The Morgan fingerprint density at radius 3 is 2.38 bits per heavy atom. The van der Waals surface area contributed by atoms with Crippen molar-refractivity contribution >= 4 is 20.0 Å². The van der Waals surface area contributed by atoms with Crippen LogP contribution in [0.15, 0.2) is 12.2 Å². The maximum absolute atomic E-state index is 11.3. The summed E-state index contributed by atoms with van der Waals surface area (Å²) in [5.41, 5.74) is 0.325. The molecule has 3 N–H and O–H groups in total. The van der Waals surface area contributed by atoms with Gasteiger partial charge in [-0.25, -0.2) is 9.59 Å². The summed E-state index contributed by atoms with van der Waals surface area (Å²) < 4.78 is 15.3. The Balaban J connectivity index is 3.37. The third-order valence-electron chi connectivity index (χ3n) is 2.57. The summed E-state index contributed by atoms with van der Waals surface area (Å²) in [6, 6.07) is -0.304. The van der Waals surface area contributed by atoms with Crippen molar-refractivity contribution in [2.75, 3.05) is 25.9 Å². The first-order valence-electron chi connectivity index (χ1n) is 6.99. The van der Waals surface area contributed by atoms with Crippen LogP contribution in [-0.4, -0.2) is 42.8 Å². The van der Waals surface area contributed by atoms with Crippen molar-refractivity contribution in [3.05, 3.63) is 12.2 Å². The standard InChI is InChI=1S/C13H25N2O5P/c1-11(2)12(16)20-9-8-15-13(17)14-7-5-3-4-6-10-21(18)19/h21H,1,3-10H2,2H3,(H,18,19)(H2,14,15,17). The Bertz CT molecular complexity index is 374. The molecule has 0 saturated heterocycles. The van der Waals surface area contributed by atoms with Crippen LogP contribution < -0.4 is 10.6 Å². The summed E-state index contributed by atoms with van der Waals surface area (Å²) in [5.74, 6) is -0.470. The number of carbonyl (C=O) groups is 2. The lowest BCUT2D eigenvalue weighted by atomic mass is 10.2. The number of unbranched alkanes of at least 4 members (excludes halogenated alkanes) is 3. The molecule has 0 fully saturated rings. The van der Waals surface area contributed by atoms with Crippen molar-refractivity contribution in [3.63, 3.8) is 0 Å². The number of rotatable bonds is 11. The summed E-state index contributed by atoms with van der Waals surface area (Å²) in [7, 11) is -2.34. The minimum Gasteiger partial charge on any atom is -0.460 e. The second kappa shape index (κ2) is 12.4. The molecule has 0 aliphatic rings. The van der Waals surface area contributed by atoms with Crippen molar-refractivity contribution in [2.24, 2.45) is 0 Å². The molecule has 0 rings (SSSR count). The molecule has 0 bridgehead atoms. The monoisotopic (exact) mass is 320 g/mol. The molecule has 0 aromatic heterocycles. The Morgan fingerprint density at radius 1 is 1.14 bits per heavy atom. The van der Waals surface area contributed by atoms with Crippen molar-refractivity contribution in [1.82, 2.24) is 10.6 Å². The van der Waals surface area contributed by atoms with Crippen LogP contribution >= 0.6 is 8.03 Å². The molecule has 7 nitrogen and oxygen atoms in total. The van der Waals surface area contributed by atoms with Gasteiger partial charge in [0, 0.05) is 18.3 Å². The quantitative estimate of drug-likeness (QED) is 0.231. The highest BCUT2D eigenvalue weighted by atomic mass is 31.1. The molecule has 1 atom stereocenters. The molecule has 122 valence electrons. The lowest BCUT2D eigenvalue weighted by Crippen LogP contribution is -2.38. The third kappa shape index (κ3) is 13.4. The number of ether oxygens (including phenoxy) is 1. The molecule has 2 amide bonds. The third-order valence-corrected chi connectivity index (χ3v) is 3.35. The topological polar surface area (TPSA) is 105 Å². The van der Waals surface area contributed by atoms with Gasteiger partial charge in [-0.05, 0) is 19.8 Å². The molecule has 0 radical (unpaired) electrons. The van der Waals surface area contributed by atoms with E-state index in [1.807, 2.05) is 0 Å². The number of hydrogen-bond donors (Lipinski definition) is 3. The van der Waals surface area contributed by atoms with Crippen LogP contribution in [0.3, 0.4) is 0 Å². The molecule has 0 aromatic carbocycles. The number of amides is 2. The maximum Gasteiger partial charge on any atom is 0.333 e. The highest BCUT2D eigenvalue weighted by Gasteiger charge is 2.03. The summed E-state index contributed by atoms with van der Waals surface area (Å²) in [6.45, 7) is 5.91. The number of nitrogens with one attached hydrogen (secondary N) is 2. The van der Waals surface area contributed by atoms with E-state index in [9.17, 15) is 14.2 Å². The van der Waals surface area contributed by atoms with Crippen molar-refractivity contribution in [1.29, 1.82) is 0 Å². The molecule has 8 heteroatoms. The van der Waals surface area contributed by atoms with E-state index in [1.165, 1.54) is 0 Å². The lowest BCUT2D eigenvalue weighted by Gasteiger charge is -2.08. The van der Waals surface area contributed by atoms with Gasteiger partial charge in [-0.3, -0.25) is 4.57 Å². The van der Waals surface area contributed by atoms with Gasteiger partial charge in [-0.15, -0.1) is 0 Å². The zero-order valence-corrected chi connectivity index (χ0v) is 13.4. The predicted octanol–water partition coefficient (Wildman–Crippen LogP) is 1.43. The number of carbonyl (C=O) groups excluding carboxylic acids is 2. The average molecular weight is 320 g/mol. The molecule has 0 saturated carbocycles. The fraction of sp³-hybridized carbons (Fsp3) is 0.692. The normalized spacial score (nSPS) is 11.5. The molecular weight excluding hydrogens is 295 g/mol. The SMILES string of the molecule is C=C(C)C(=O)OCCNC(=O)NCCCCCC[PH](=O)O. The van der Waals surface area contributed by atoms with E-state index in [1.54, 1.807) is 6.92 Å². The fourth-order valence-corrected chi connectivity index (χ4v) is 2.00. The van der Waals surface area contributed by atoms with E-state index in [0.717, 1.165) is 25.7 Å². The van der Waals surface area contributed by atoms with Crippen molar-refractivity contribution < 1.29 is 23.8 Å². The Labute approximate surface area is 126 Å². The summed E-state index contributed by atoms with van der Waals surface area (Å²) in [5, 5.41) is 5.25. The molecular formula is C13H25N2O5P. The first-order chi connectivity index (χ1) is 9.93. The van der Waals surface area contributed by atoms with Gasteiger partial charge >= 0.3 is 12.0 Å². The van der Waals surface area contributed by atoms with E-state index < -0.39 is 14.0 Å². The summed E-state index contributed by atoms with van der Waals surface area (Å²) >= 11 is 0. The van der Waals surface area contributed by atoms with Gasteiger partial charge < -0.3 is 20.3 Å². The van der Waals surface area contributed by atoms with Gasteiger partial charge in [0.05, 0.1) is 6.54 Å². The zero-order valence-electron chi connectivity index (χ0n) is 12.4. The van der Waals surface area contributed by atoms with Gasteiger partial charge in [-0.2, -0.15) is 0 Å². The van der Waals surface area contributed by atoms with Crippen molar-refractivity contribution in [2.45, 2.75) is 32.6 Å². The highest BCUT2D eigenvalue weighted by molar-refractivity contribution is 7.37. The van der Waals surface area contributed by atoms with E-state index >= 15 is 0 Å². The van der Waals surface area contributed by atoms with Gasteiger partial charge in [0.15, 0.2) is 8.03 Å². The van der Waals surface area contributed by atoms with E-state index in [0.29, 0.717) is 18.3 Å². The van der Waals surface area contributed by atoms with Crippen molar-refractivity contribution in [3.8, 4) is 0 Å². The minimum atomic E-state index is -2.34. The molecule has 0 spiro atoms. The summed E-state index contributed by atoms with van der Waals surface area (Å²) in [6.07, 6.45) is 3.74. The molecule has 0 aliphatic heterocycles. The molecule has 0 heterocycles. The van der Waals surface area contributed by atoms with Crippen LogP contribution in [0.5, 0.6) is 0 Å². The smallest absolute Gasteiger partial charge is 0.333 e. The number of esters is 1. The Hall–Kier alpha value is -1.33. The molecule has 0 aromatic rings. The summed E-state index contributed by atoms with van der Waals surface area (Å²) in [4.78, 5) is 31.0. The van der Waals surface area contributed by atoms with Crippen LogP contribution in [0.2, 0.25) is 0 Å². The Morgan fingerprint density at radius 2 is 1.76 bits per heavy atom. The van der Waals surface area contributed by atoms with E-state index in [-0.39, 0.29) is 19.2 Å². The molecule has 0 aliphatic carbocycles. The highest BCUT2D eigenvalue weighted by Crippen LogP contribution is 2.15. The minimum absolute atomic E-state index is 0.111. The van der Waals surface area contributed by atoms with Gasteiger partial charge in [0.25, 0.3) is 0 Å². The van der Waals surface area contributed by atoms with Crippen LogP contribution in [0, 0.1) is 0 Å².